The van der Waals surface area contributed by atoms with Crippen LogP contribution in [0.3, 0.4) is 0 Å². The maximum atomic E-state index is 13.5. The zero-order valence-corrected chi connectivity index (χ0v) is 18.2. The predicted octanol–water partition coefficient (Wildman–Crippen LogP) is 4.54. The molecule has 34 heavy (non-hydrogen) atoms. The smallest absolute Gasteiger partial charge is 0.259 e. The van der Waals surface area contributed by atoms with Gasteiger partial charge in [-0.1, -0.05) is 35.0 Å². The third-order valence-electron chi connectivity index (χ3n) is 5.12. The topological polar surface area (TPSA) is 103 Å². The van der Waals surface area contributed by atoms with Crippen molar-refractivity contribution in [2.24, 2.45) is 0 Å². The maximum absolute atomic E-state index is 13.5. The second-order valence-electron chi connectivity index (χ2n) is 7.33. The van der Waals surface area contributed by atoms with Crippen LogP contribution in [0.2, 0.25) is 5.02 Å². The van der Waals surface area contributed by atoms with E-state index >= 15 is 0 Å². The Labute approximate surface area is 196 Å². The molecule has 0 aliphatic rings. The number of aromatic nitrogens is 4. The number of amides is 1. The molecule has 0 spiro atoms. The summed E-state index contributed by atoms with van der Waals surface area (Å²) < 4.78 is 20.3. The Balaban J connectivity index is 1.51. The van der Waals surface area contributed by atoms with Gasteiger partial charge in [0.25, 0.3) is 11.4 Å². The highest BCUT2D eigenvalue weighted by Crippen LogP contribution is 2.28. The van der Waals surface area contributed by atoms with Crippen molar-refractivity contribution in [1.82, 2.24) is 19.7 Å². The third kappa shape index (κ3) is 4.16. The molecular weight excluding hydrogens is 461 g/mol. The highest BCUT2D eigenvalue weighted by molar-refractivity contribution is 6.33. The average molecular weight is 476 g/mol. The van der Waals surface area contributed by atoms with Crippen molar-refractivity contribution in [1.29, 1.82) is 0 Å². The first-order chi connectivity index (χ1) is 16.5. The third-order valence-corrected chi connectivity index (χ3v) is 5.45. The van der Waals surface area contributed by atoms with Crippen LogP contribution in [0.1, 0.15) is 0 Å². The standard InChI is InChI=1S/C24H15ClFN5O3/c25-18-6-5-15(26)11-19(18)28-21(32)13-31-20-4-2-1-3-16(20)17(12-22(31)33)24-29-23(30-34-24)14-7-9-27-10-8-14/h1-12H,13H2,(H,28,32). The second-order valence-corrected chi connectivity index (χ2v) is 7.74. The van der Waals surface area contributed by atoms with Gasteiger partial charge in [-0.2, -0.15) is 4.98 Å². The summed E-state index contributed by atoms with van der Waals surface area (Å²) in [5, 5.41) is 7.37. The van der Waals surface area contributed by atoms with E-state index in [-0.39, 0.29) is 23.1 Å². The fraction of sp³-hybridized carbons (Fsp3) is 0.0417. The van der Waals surface area contributed by atoms with E-state index in [9.17, 15) is 14.0 Å². The Morgan fingerprint density at radius 3 is 2.71 bits per heavy atom. The molecule has 1 N–H and O–H groups in total. The summed E-state index contributed by atoms with van der Waals surface area (Å²) in [5.74, 6) is -0.553. The van der Waals surface area contributed by atoms with E-state index < -0.39 is 17.3 Å². The monoisotopic (exact) mass is 475 g/mol. The van der Waals surface area contributed by atoms with Crippen molar-refractivity contribution in [3.8, 4) is 22.8 Å². The van der Waals surface area contributed by atoms with Crippen LogP contribution in [0, 0.1) is 5.82 Å². The number of anilines is 1. The Bertz CT molecular complexity index is 1580. The molecule has 5 rings (SSSR count). The summed E-state index contributed by atoms with van der Waals surface area (Å²) in [5.41, 5.74) is 1.33. The second kappa shape index (κ2) is 8.87. The first-order valence-corrected chi connectivity index (χ1v) is 10.5. The zero-order chi connectivity index (χ0) is 23.7. The van der Waals surface area contributed by atoms with E-state index in [0.717, 1.165) is 11.6 Å². The van der Waals surface area contributed by atoms with Crippen molar-refractivity contribution < 1.29 is 13.7 Å². The molecule has 0 atom stereocenters. The van der Waals surface area contributed by atoms with Crippen molar-refractivity contribution >= 4 is 34.1 Å². The molecule has 3 aromatic heterocycles. The Hall–Kier alpha value is -4.37. The number of nitrogens with one attached hydrogen (secondary N) is 1. The van der Waals surface area contributed by atoms with Gasteiger partial charge in [0.05, 0.1) is 21.8 Å². The SMILES string of the molecule is O=C(Cn1c(=O)cc(-c2nc(-c3ccncc3)no2)c2ccccc21)Nc1cc(F)ccc1Cl. The molecule has 0 radical (unpaired) electrons. The van der Waals surface area contributed by atoms with Gasteiger partial charge in [-0.05, 0) is 36.4 Å². The summed E-state index contributed by atoms with van der Waals surface area (Å²) in [6.45, 7) is -0.307. The van der Waals surface area contributed by atoms with Gasteiger partial charge in [-0.3, -0.25) is 19.1 Å². The largest absolute Gasteiger partial charge is 0.334 e. The molecule has 0 bridgehead atoms. The van der Waals surface area contributed by atoms with E-state index in [2.05, 4.69) is 20.4 Å². The average Bonchev–Trinajstić information content (AvgIpc) is 3.34. The molecule has 10 heteroatoms. The van der Waals surface area contributed by atoms with E-state index in [1.807, 2.05) is 0 Å². The van der Waals surface area contributed by atoms with Gasteiger partial charge in [0.1, 0.15) is 12.4 Å². The van der Waals surface area contributed by atoms with Crippen LogP contribution in [0.25, 0.3) is 33.7 Å². The van der Waals surface area contributed by atoms with Crippen LogP contribution in [0.15, 0.2) is 82.4 Å². The van der Waals surface area contributed by atoms with Crippen molar-refractivity contribution in [3.63, 3.8) is 0 Å². The molecule has 0 saturated carbocycles. The van der Waals surface area contributed by atoms with Gasteiger partial charge < -0.3 is 9.84 Å². The number of pyridine rings is 2. The quantitative estimate of drug-likeness (QED) is 0.400. The molecule has 8 nitrogen and oxygen atoms in total. The molecule has 2 aromatic carbocycles. The van der Waals surface area contributed by atoms with Crippen LogP contribution >= 0.6 is 11.6 Å². The molecule has 3 heterocycles. The molecule has 5 aromatic rings. The van der Waals surface area contributed by atoms with Crippen LogP contribution in [-0.4, -0.2) is 25.6 Å². The lowest BCUT2D eigenvalue weighted by atomic mass is 10.1. The number of nitrogens with zero attached hydrogens (tertiary/aromatic N) is 4. The zero-order valence-electron chi connectivity index (χ0n) is 17.4. The number of fused-ring (bicyclic) bond motifs is 1. The Morgan fingerprint density at radius 1 is 1.09 bits per heavy atom. The molecule has 0 fully saturated rings. The highest BCUT2D eigenvalue weighted by atomic mass is 35.5. The van der Waals surface area contributed by atoms with E-state index in [1.54, 1.807) is 48.8 Å². The first kappa shape index (κ1) is 21.5. The summed E-state index contributed by atoms with van der Waals surface area (Å²) in [4.78, 5) is 34.1. The van der Waals surface area contributed by atoms with E-state index in [0.29, 0.717) is 22.3 Å². The first-order valence-electron chi connectivity index (χ1n) is 10.1. The minimum atomic E-state index is -0.544. The van der Waals surface area contributed by atoms with Gasteiger partial charge in [0.15, 0.2) is 0 Å². The van der Waals surface area contributed by atoms with Gasteiger partial charge in [0, 0.05) is 29.4 Å². The van der Waals surface area contributed by atoms with Crippen molar-refractivity contribution in [3.05, 3.63) is 94.3 Å². The molecule has 0 unspecified atom stereocenters. The minimum Gasteiger partial charge on any atom is -0.334 e. The lowest BCUT2D eigenvalue weighted by Crippen LogP contribution is -2.28. The van der Waals surface area contributed by atoms with Crippen LogP contribution in [-0.2, 0) is 11.3 Å². The Morgan fingerprint density at radius 2 is 1.88 bits per heavy atom. The number of benzene rings is 2. The normalized spacial score (nSPS) is 11.0. The van der Waals surface area contributed by atoms with Gasteiger partial charge in [-0.25, -0.2) is 4.39 Å². The molecule has 0 aliphatic carbocycles. The molecular formula is C24H15ClFN5O3. The molecule has 168 valence electrons. The van der Waals surface area contributed by atoms with Crippen LogP contribution < -0.4 is 10.9 Å². The highest BCUT2D eigenvalue weighted by Gasteiger charge is 2.18. The summed E-state index contributed by atoms with van der Waals surface area (Å²) in [6, 6.07) is 15.5. The van der Waals surface area contributed by atoms with Crippen molar-refractivity contribution in [2.75, 3.05) is 5.32 Å². The lowest BCUT2D eigenvalue weighted by molar-refractivity contribution is -0.116. The number of carbonyl (C=O) groups excluding carboxylic acids is 1. The number of hydrogen-bond acceptors (Lipinski definition) is 6. The fourth-order valence-electron chi connectivity index (χ4n) is 3.55. The van der Waals surface area contributed by atoms with E-state index in [4.69, 9.17) is 16.1 Å². The van der Waals surface area contributed by atoms with Gasteiger partial charge in [0.2, 0.25) is 11.7 Å². The van der Waals surface area contributed by atoms with Crippen molar-refractivity contribution in [2.45, 2.75) is 6.54 Å². The predicted molar refractivity (Wildman–Crippen MR) is 125 cm³/mol. The molecule has 1 amide bonds. The summed E-state index contributed by atoms with van der Waals surface area (Å²) in [6.07, 6.45) is 3.23. The number of carbonyl (C=O) groups is 1. The minimum absolute atomic E-state index is 0.121. The molecule has 0 saturated heterocycles. The number of hydrogen-bond donors (Lipinski definition) is 1. The van der Waals surface area contributed by atoms with Crippen LogP contribution in [0.4, 0.5) is 10.1 Å². The lowest BCUT2D eigenvalue weighted by Gasteiger charge is -2.13. The number of para-hydroxylation sites is 1. The number of rotatable bonds is 5. The van der Waals surface area contributed by atoms with Gasteiger partial charge >= 0.3 is 0 Å². The van der Waals surface area contributed by atoms with Crippen LogP contribution in [0.5, 0.6) is 0 Å². The summed E-state index contributed by atoms with van der Waals surface area (Å²) in [7, 11) is 0. The van der Waals surface area contributed by atoms with E-state index in [1.165, 1.54) is 22.8 Å². The van der Waals surface area contributed by atoms with Gasteiger partial charge in [-0.15, -0.1) is 0 Å². The fourth-order valence-corrected chi connectivity index (χ4v) is 3.72. The molecule has 0 aliphatic heterocycles. The summed E-state index contributed by atoms with van der Waals surface area (Å²) >= 11 is 6.03. The Kier molecular flexibility index (Phi) is 5.60. The maximum Gasteiger partial charge on any atom is 0.259 e. The number of halogens is 2.